The van der Waals surface area contributed by atoms with Crippen molar-refractivity contribution in [3.8, 4) is 5.75 Å². The number of ether oxygens (including phenoxy) is 2. The number of carbonyl (C=O) groups is 2. The summed E-state index contributed by atoms with van der Waals surface area (Å²) < 4.78 is 10.3. The Kier molecular flexibility index (Phi) is 6.64. The molecule has 2 aromatic rings. The lowest BCUT2D eigenvalue weighted by Gasteiger charge is -2.09. The molecule has 0 spiro atoms. The lowest BCUT2D eigenvalue weighted by molar-refractivity contribution is 0.0526. The molecule has 0 unspecified atom stereocenters. The quantitative estimate of drug-likeness (QED) is 0.605. The normalized spacial score (nSPS) is 9.88. The van der Waals surface area contributed by atoms with E-state index < -0.39 is 0 Å². The first kappa shape index (κ1) is 17.3. The SMILES string of the molecule is CCOC(=O)c1ccc(CNC(=O)NCOc2ccccc2)cc1. The molecule has 2 N–H and O–H groups in total. The van der Waals surface area contributed by atoms with Gasteiger partial charge < -0.3 is 20.1 Å². The molecular formula is C18H20N2O4. The molecule has 0 bridgehead atoms. The van der Waals surface area contributed by atoms with Gasteiger partial charge in [0.1, 0.15) is 5.75 Å². The molecule has 2 rings (SSSR count). The molecule has 2 aromatic carbocycles. The van der Waals surface area contributed by atoms with Crippen LogP contribution in [0.5, 0.6) is 5.75 Å². The van der Waals surface area contributed by atoms with Gasteiger partial charge in [-0.05, 0) is 36.8 Å². The van der Waals surface area contributed by atoms with E-state index in [1.54, 1.807) is 31.2 Å². The van der Waals surface area contributed by atoms with Crippen LogP contribution in [0.4, 0.5) is 4.79 Å². The minimum Gasteiger partial charge on any atom is -0.473 e. The zero-order valence-electron chi connectivity index (χ0n) is 13.5. The minimum atomic E-state index is -0.354. The van der Waals surface area contributed by atoms with E-state index in [1.807, 2.05) is 30.3 Å². The largest absolute Gasteiger partial charge is 0.473 e. The molecule has 6 heteroatoms. The maximum Gasteiger partial charge on any atom is 0.338 e. The maximum atomic E-state index is 11.7. The van der Waals surface area contributed by atoms with Gasteiger partial charge in [-0.25, -0.2) is 9.59 Å². The number of amides is 2. The number of carbonyl (C=O) groups excluding carboxylic acids is 2. The summed E-state index contributed by atoms with van der Waals surface area (Å²) >= 11 is 0. The van der Waals surface area contributed by atoms with Crippen molar-refractivity contribution in [1.29, 1.82) is 0 Å². The zero-order valence-corrected chi connectivity index (χ0v) is 13.5. The fourth-order valence-electron chi connectivity index (χ4n) is 1.92. The summed E-state index contributed by atoms with van der Waals surface area (Å²) in [5.74, 6) is 0.333. The summed E-state index contributed by atoms with van der Waals surface area (Å²) in [7, 11) is 0. The number of benzene rings is 2. The average molecular weight is 328 g/mol. The standard InChI is InChI=1S/C18H20N2O4/c1-2-23-17(21)15-10-8-14(9-11-15)12-19-18(22)20-13-24-16-6-4-3-5-7-16/h3-11H,2,12-13H2,1H3,(H2,19,20,22). The van der Waals surface area contributed by atoms with Crippen molar-refractivity contribution in [2.45, 2.75) is 13.5 Å². The van der Waals surface area contributed by atoms with E-state index in [4.69, 9.17) is 9.47 Å². The molecule has 0 heterocycles. The molecule has 0 saturated carbocycles. The monoisotopic (exact) mass is 328 g/mol. The van der Waals surface area contributed by atoms with Gasteiger partial charge in [0.15, 0.2) is 6.73 Å². The van der Waals surface area contributed by atoms with Crippen LogP contribution in [0.25, 0.3) is 0 Å². The van der Waals surface area contributed by atoms with Crippen LogP contribution < -0.4 is 15.4 Å². The summed E-state index contributed by atoms with van der Waals surface area (Å²) in [5.41, 5.74) is 1.36. The van der Waals surface area contributed by atoms with Gasteiger partial charge in [0, 0.05) is 6.54 Å². The summed E-state index contributed by atoms with van der Waals surface area (Å²) in [5, 5.41) is 5.31. The zero-order chi connectivity index (χ0) is 17.2. The summed E-state index contributed by atoms with van der Waals surface area (Å²) in [6, 6.07) is 15.8. The predicted octanol–water partition coefficient (Wildman–Crippen LogP) is 2.70. The highest BCUT2D eigenvalue weighted by Crippen LogP contribution is 2.07. The molecule has 0 saturated heterocycles. The molecule has 0 radical (unpaired) electrons. The molecule has 24 heavy (non-hydrogen) atoms. The van der Waals surface area contributed by atoms with E-state index in [2.05, 4.69) is 10.6 Å². The van der Waals surface area contributed by atoms with Crippen LogP contribution in [0.15, 0.2) is 54.6 Å². The first-order chi connectivity index (χ1) is 11.7. The van der Waals surface area contributed by atoms with E-state index in [-0.39, 0.29) is 18.7 Å². The number of esters is 1. The maximum absolute atomic E-state index is 11.7. The Labute approximate surface area is 140 Å². The van der Waals surface area contributed by atoms with Crippen molar-refractivity contribution < 1.29 is 19.1 Å². The number of hydrogen-bond donors (Lipinski definition) is 2. The smallest absolute Gasteiger partial charge is 0.338 e. The van der Waals surface area contributed by atoms with Crippen LogP contribution in [0.1, 0.15) is 22.8 Å². The highest BCUT2D eigenvalue weighted by atomic mass is 16.5. The Balaban J connectivity index is 1.70. The average Bonchev–Trinajstić information content (AvgIpc) is 2.61. The highest BCUT2D eigenvalue weighted by Gasteiger charge is 2.06. The topological polar surface area (TPSA) is 76.7 Å². The number of urea groups is 1. The molecule has 0 aliphatic carbocycles. The molecule has 126 valence electrons. The Morgan fingerprint density at radius 3 is 2.33 bits per heavy atom. The van der Waals surface area contributed by atoms with Crippen molar-refractivity contribution in [3.63, 3.8) is 0 Å². The van der Waals surface area contributed by atoms with E-state index in [1.165, 1.54) is 0 Å². The first-order valence-corrected chi connectivity index (χ1v) is 7.64. The van der Waals surface area contributed by atoms with Gasteiger partial charge in [-0.1, -0.05) is 30.3 Å². The third-order valence-electron chi connectivity index (χ3n) is 3.13. The van der Waals surface area contributed by atoms with Crippen LogP contribution in [-0.2, 0) is 11.3 Å². The van der Waals surface area contributed by atoms with Crippen LogP contribution in [0.3, 0.4) is 0 Å². The van der Waals surface area contributed by atoms with Gasteiger partial charge in [0.25, 0.3) is 0 Å². The number of rotatable bonds is 7. The Bertz CT molecular complexity index is 656. The van der Waals surface area contributed by atoms with Gasteiger partial charge >= 0.3 is 12.0 Å². The lowest BCUT2D eigenvalue weighted by atomic mass is 10.1. The van der Waals surface area contributed by atoms with Crippen LogP contribution in [0, 0.1) is 0 Å². The number of nitrogens with one attached hydrogen (secondary N) is 2. The summed E-state index contributed by atoms with van der Waals surface area (Å²) in [6.45, 7) is 2.53. The van der Waals surface area contributed by atoms with E-state index >= 15 is 0 Å². The number of para-hydroxylation sites is 1. The van der Waals surface area contributed by atoms with Gasteiger partial charge in [-0.3, -0.25) is 0 Å². The van der Waals surface area contributed by atoms with Crippen molar-refractivity contribution >= 4 is 12.0 Å². The van der Waals surface area contributed by atoms with Crippen molar-refractivity contribution in [3.05, 3.63) is 65.7 Å². The van der Waals surface area contributed by atoms with Gasteiger partial charge in [-0.2, -0.15) is 0 Å². The Morgan fingerprint density at radius 2 is 1.67 bits per heavy atom. The van der Waals surface area contributed by atoms with E-state index in [0.717, 1.165) is 5.56 Å². The van der Waals surface area contributed by atoms with Gasteiger partial charge in [0.05, 0.1) is 12.2 Å². The summed E-state index contributed by atoms with van der Waals surface area (Å²) in [4.78, 5) is 23.2. The van der Waals surface area contributed by atoms with Crippen LogP contribution in [0.2, 0.25) is 0 Å². The molecule has 0 atom stereocenters. The van der Waals surface area contributed by atoms with E-state index in [0.29, 0.717) is 24.5 Å². The second-order valence-electron chi connectivity index (χ2n) is 4.88. The van der Waals surface area contributed by atoms with Crippen molar-refractivity contribution in [1.82, 2.24) is 10.6 Å². The second kappa shape index (κ2) is 9.19. The van der Waals surface area contributed by atoms with Crippen molar-refractivity contribution in [2.24, 2.45) is 0 Å². The second-order valence-corrected chi connectivity index (χ2v) is 4.88. The molecule has 0 aliphatic rings. The highest BCUT2D eigenvalue weighted by molar-refractivity contribution is 5.89. The Morgan fingerprint density at radius 1 is 0.958 bits per heavy atom. The molecule has 0 fully saturated rings. The van der Waals surface area contributed by atoms with Crippen LogP contribution in [-0.4, -0.2) is 25.3 Å². The fraction of sp³-hybridized carbons (Fsp3) is 0.222. The molecular weight excluding hydrogens is 308 g/mol. The minimum absolute atomic E-state index is 0.0810. The summed E-state index contributed by atoms with van der Waals surface area (Å²) in [6.07, 6.45) is 0. The van der Waals surface area contributed by atoms with E-state index in [9.17, 15) is 9.59 Å². The molecule has 6 nitrogen and oxygen atoms in total. The van der Waals surface area contributed by atoms with Crippen LogP contribution >= 0.6 is 0 Å². The number of hydrogen-bond acceptors (Lipinski definition) is 4. The fourth-order valence-corrected chi connectivity index (χ4v) is 1.92. The van der Waals surface area contributed by atoms with Gasteiger partial charge in [-0.15, -0.1) is 0 Å². The molecule has 0 aliphatic heterocycles. The van der Waals surface area contributed by atoms with Gasteiger partial charge in [0.2, 0.25) is 0 Å². The lowest BCUT2D eigenvalue weighted by Crippen LogP contribution is -2.37. The third kappa shape index (κ3) is 5.64. The predicted molar refractivity (Wildman–Crippen MR) is 89.7 cm³/mol. The Hall–Kier alpha value is -3.02. The molecule has 2 amide bonds. The molecule has 0 aromatic heterocycles. The first-order valence-electron chi connectivity index (χ1n) is 7.64. The van der Waals surface area contributed by atoms with Crippen molar-refractivity contribution in [2.75, 3.05) is 13.3 Å². The third-order valence-corrected chi connectivity index (χ3v) is 3.13.